The molecule has 0 aromatic rings. The maximum atomic E-state index is 6.55. The molecule has 1 fully saturated rings. The Morgan fingerprint density at radius 3 is 2.35 bits per heavy atom. The van der Waals surface area contributed by atoms with E-state index in [0.717, 1.165) is 19.3 Å². The van der Waals surface area contributed by atoms with Crippen LogP contribution in [-0.4, -0.2) is 16.6 Å². The van der Waals surface area contributed by atoms with Crippen LogP contribution in [0.4, 0.5) is 0 Å². The second kappa shape index (κ2) is 5.38. The first-order valence-corrected chi connectivity index (χ1v) is 15.8. The fraction of sp³-hybridized carbons (Fsp3) is 0.684. The average molecular weight is 349 g/mol. The van der Waals surface area contributed by atoms with E-state index in [1.807, 2.05) is 0 Å². The van der Waals surface area contributed by atoms with Crippen LogP contribution >= 0.6 is 0 Å². The number of rotatable bonds is 4. The van der Waals surface area contributed by atoms with Crippen LogP contribution in [0.1, 0.15) is 25.7 Å². The summed E-state index contributed by atoms with van der Waals surface area (Å²) in [7, 11) is -3.16. The Hall–Kier alpha value is -0.746. The highest BCUT2D eigenvalue weighted by Gasteiger charge is 2.55. The Morgan fingerprint density at radius 2 is 1.74 bits per heavy atom. The third-order valence-corrected chi connectivity index (χ3v) is 6.84. The molecule has 3 rings (SSSR count). The minimum atomic E-state index is -1.59. The minimum absolute atomic E-state index is 0.173. The first-order valence-electron chi connectivity index (χ1n) is 8.98. The summed E-state index contributed by atoms with van der Waals surface area (Å²) in [5.74, 6) is 3.46. The minimum Gasteiger partial charge on any atom is -0.547 e. The molecule has 128 valence electrons. The molecule has 0 unspecified atom stereocenters. The van der Waals surface area contributed by atoms with Gasteiger partial charge in [0.15, 0.2) is 0 Å². The molecule has 0 heterocycles. The number of fused-ring (bicyclic) bond motifs is 1. The van der Waals surface area contributed by atoms with Crippen LogP contribution in [0.5, 0.6) is 0 Å². The van der Waals surface area contributed by atoms with Crippen molar-refractivity contribution in [3.63, 3.8) is 0 Å². The van der Waals surface area contributed by atoms with Crippen LogP contribution < -0.4 is 0 Å². The van der Waals surface area contributed by atoms with Gasteiger partial charge < -0.3 is 8.85 Å². The summed E-state index contributed by atoms with van der Waals surface area (Å²) < 4.78 is 13.0. The van der Waals surface area contributed by atoms with Gasteiger partial charge in [0.1, 0.15) is 0 Å². The molecule has 0 aromatic carbocycles. The van der Waals surface area contributed by atoms with E-state index < -0.39 is 16.6 Å². The van der Waals surface area contributed by atoms with Crippen molar-refractivity contribution in [2.24, 2.45) is 17.3 Å². The Bertz CT molecular complexity index is 577. The first-order chi connectivity index (χ1) is 10.5. The second-order valence-electron chi connectivity index (χ2n) is 9.50. The molecule has 4 heteroatoms. The average Bonchev–Trinajstić information content (AvgIpc) is 2.64. The topological polar surface area (TPSA) is 18.5 Å². The van der Waals surface area contributed by atoms with Crippen molar-refractivity contribution in [2.45, 2.75) is 65.0 Å². The summed E-state index contributed by atoms with van der Waals surface area (Å²) in [6.07, 6.45) is 9.39. The van der Waals surface area contributed by atoms with Crippen LogP contribution in [0.2, 0.25) is 39.3 Å². The SMILES string of the molecule is C=C1C[C@]23C[C@H]1C(O[Si](C)(C)C)=C[C@H]2CCC=C3O[Si](C)(C)C. The van der Waals surface area contributed by atoms with E-state index in [-0.39, 0.29) is 5.41 Å². The van der Waals surface area contributed by atoms with Crippen molar-refractivity contribution in [3.05, 3.63) is 35.8 Å². The molecule has 3 aliphatic carbocycles. The Labute approximate surface area is 143 Å². The second-order valence-corrected chi connectivity index (χ2v) is 18.4. The van der Waals surface area contributed by atoms with Gasteiger partial charge in [0, 0.05) is 11.3 Å². The molecule has 3 aliphatic rings. The van der Waals surface area contributed by atoms with E-state index >= 15 is 0 Å². The zero-order chi connectivity index (χ0) is 17.0. The van der Waals surface area contributed by atoms with Gasteiger partial charge in [0.2, 0.25) is 16.6 Å². The van der Waals surface area contributed by atoms with Gasteiger partial charge in [-0.05, 0) is 83.0 Å². The van der Waals surface area contributed by atoms with Crippen LogP contribution in [0.15, 0.2) is 35.8 Å². The standard InChI is InChI=1S/C19H32O2Si2/c1-14-12-19-13-16(14)17(20-22(2,3)4)11-15(19)9-8-10-18(19)21-23(5,6)7/h10-11,15-16H,1,8-9,12-13H2,2-7H3/t15-,16-,19+/m1/s1. The monoisotopic (exact) mass is 348 g/mol. The summed E-state index contributed by atoms with van der Waals surface area (Å²) in [5, 5.41) is 0. The molecule has 0 aromatic heterocycles. The van der Waals surface area contributed by atoms with E-state index in [2.05, 4.69) is 58.0 Å². The van der Waals surface area contributed by atoms with Gasteiger partial charge in [0.25, 0.3) is 0 Å². The van der Waals surface area contributed by atoms with Gasteiger partial charge in [-0.25, -0.2) is 0 Å². The molecule has 2 bridgehead atoms. The van der Waals surface area contributed by atoms with Crippen molar-refractivity contribution in [1.82, 2.24) is 0 Å². The lowest BCUT2D eigenvalue weighted by Gasteiger charge is -2.45. The Morgan fingerprint density at radius 1 is 1.09 bits per heavy atom. The summed E-state index contributed by atoms with van der Waals surface area (Å²) >= 11 is 0. The largest absolute Gasteiger partial charge is 0.547 e. The summed E-state index contributed by atoms with van der Waals surface area (Å²) in [5.41, 5.74) is 1.52. The molecule has 0 radical (unpaired) electrons. The summed E-state index contributed by atoms with van der Waals surface area (Å²) in [6.45, 7) is 18.1. The maximum Gasteiger partial charge on any atom is 0.241 e. The van der Waals surface area contributed by atoms with Crippen molar-refractivity contribution in [3.8, 4) is 0 Å². The first kappa shape index (κ1) is 17.1. The molecule has 0 saturated heterocycles. The van der Waals surface area contributed by atoms with E-state index in [4.69, 9.17) is 8.85 Å². The molecule has 1 spiro atoms. The predicted octanol–water partition coefficient (Wildman–Crippen LogP) is 5.83. The smallest absolute Gasteiger partial charge is 0.241 e. The molecule has 0 amide bonds. The number of hydrogen-bond donors (Lipinski definition) is 0. The number of hydrogen-bond acceptors (Lipinski definition) is 2. The Balaban J connectivity index is 1.96. The van der Waals surface area contributed by atoms with Gasteiger partial charge >= 0.3 is 0 Å². The lowest BCUT2D eigenvalue weighted by Crippen LogP contribution is -2.40. The van der Waals surface area contributed by atoms with Crippen molar-refractivity contribution in [1.29, 1.82) is 0 Å². The molecule has 23 heavy (non-hydrogen) atoms. The fourth-order valence-electron chi connectivity index (χ4n) is 4.43. The van der Waals surface area contributed by atoms with Gasteiger partial charge in [-0.3, -0.25) is 0 Å². The highest BCUT2D eigenvalue weighted by Crippen LogP contribution is 2.62. The van der Waals surface area contributed by atoms with Crippen LogP contribution in [-0.2, 0) is 8.85 Å². The van der Waals surface area contributed by atoms with Crippen molar-refractivity contribution >= 4 is 16.6 Å². The van der Waals surface area contributed by atoms with Crippen LogP contribution in [0.3, 0.4) is 0 Å². The lowest BCUT2D eigenvalue weighted by molar-refractivity contribution is 0.131. The molecule has 3 atom stereocenters. The van der Waals surface area contributed by atoms with Crippen molar-refractivity contribution in [2.75, 3.05) is 0 Å². The van der Waals surface area contributed by atoms with Gasteiger partial charge in [-0.15, -0.1) is 0 Å². The van der Waals surface area contributed by atoms with Gasteiger partial charge in [-0.2, -0.15) is 0 Å². The number of allylic oxidation sites excluding steroid dienone is 4. The maximum absolute atomic E-state index is 6.55. The van der Waals surface area contributed by atoms with Crippen molar-refractivity contribution < 1.29 is 8.85 Å². The lowest BCUT2D eigenvalue weighted by atomic mass is 9.65. The highest BCUT2D eigenvalue weighted by molar-refractivity contribution is 6.70. The van der Waals surface area contributed by atoms with E-state index in [9.17, 15) is 0 Å². The molecule has 0 aliphatic heterocycles. The van der Waals surface area contributed by atoms with E-state index in [1.165, 1.54) is 23.5 Å². The van der Waals surface area contributed by atoms with E-state index in [1.54, 1.807) is 0 Å². The highest BCUT2D eigenvalue weighted by atomic mass is 28.4. The molecule has 1 saturated carbocycles. The van der Waals surface area contributed by atoms with Gasteiger partial charge in [0.05, 0.1) is 11.5 Å². The normalized spacial score (nSPS) is 33.7. The predicted molar refractivity (Wildman–Crippen MR) is 102 cm³/mol. The van der Waals surface area contributed by atoms with E-state index in [0.29, 0.717) is 11.8 Å². The zero-order valence-electron chi connectivity index (χ0n) is 15.7. The molecule has 0 N–H and O–H groups in total. The third-order valence-electron chi connectivity index (χ3n) is 5.16. The molecular formula is C19H32O2Si2. The fourth-order valence-corrected chi connectivity index (χ4v) is 6.29. The summed E-state index contributed by atoms with van der Waals surface area (Å²) in [4.78, 5) is 0. The molecular weight excluding hydrogens is 316 g/mol. The van der Waals surface area contributed by atoms with Gasteiger partial charge in [-0.1, -0.05) is 12.2 Å². The molecule has 2 nitrogen and oxygen atoms in total. The zero-order valence-corrected chi connectivity index (χ0v) is 17.7. The van der Waals surface area contributed by atoms with Crippen LogP contribution in [0, 0.1) is 17.3 Å². The quantitative estimate of drug-likeness (QED) is 0.470. The third kappa shape index (κ3) is 3.25. The Kier molecular flexibility index (Phi) is 4.00. The van der Waals surface area contributed by atoms with Crippen LogP contribution in [0.25, 0.3) is 0 Å². The summed E-state index contributed by atoms with van der Waals surface area (Å²) in [6, 6.07) is 0.